The fraction of sp³-hybridized carbons (Fsp3) is 0.652. The predicted molar refractivity (Wildman–Crippen MR) is 120 cm³/mol. The quantitative estimate of drug-likeness (QED) is 0.442. The summed E-state index contributed by atoms with van der Waals surface area (Å²) in [7, 11) is -1.43. The first kappa shape index (κ1) is 26.2. The van der Waals surface area contributed by atoms with E-state index in [-0.39, 0.29) is 31.5 Å². The molecule has 0 bridgehead atoms. The minimum atomic E-state index is -1.97. The Hall–Kier alpha value is -1.86. The van der Waals surface area contributed by atoms with Gasteiger partial charge in [-0.25, -0.2) is 4.79 Å². The highest BCUT2D eigenvalue weighted by atomic mass is 28.3. The molecule has 1 rings (SSSR count). The van der Waals surface area contributed by atoms with Crippen LogP contribution in [-0.4, -0.2) is 44.9 Å². The Kier molecular flexibility index (Phi) is 9.56. The summed E-state index contributed by atoms with van der Waals surface area (Å²) in [5.74, 6) is -1.83. The summed E-state index contributed by atoms with van der Waals surface area (Å²) in [6.45, 7) is 15.8. The number of carbonyl (C=O) groups excluding carboxylic acids is 2. The zero-order chi connectivity index (χ0) is 23.1. The lowest BCUT2D eigenvalue weighted by atomic mass is 9.79. The Labute approximate surface area is 182 Å². The molecule has 2 atom stereocenters. The Morgan fingerprint density at radius 2 is 1.67 bits per heavy atom. The summed E-state index contributed by atoms with van der Waals surface area (Å²) in [6.07, 6.45) is 0.146. The van der Waals surface area contributed by atoms with Crippen LogP contribution in [0.2, 0.25) is 13.1 Å². The van der Waals surface area contributed by atoms with Gasteiger partial charge in [0, 0.05) is 0 Å². The molecule has 0 fully saturated rings. The van der Waals surface area contributed by atoms with Gasteiger partial charge in [-0.2, -0.15) is 0 Å². The van der Waals surface area contributed by atoms with Gasteiger partial charge in [-0.05, 0) is 62.4 Å². The number of hydrogen-bond acceptors (Lipinski definition) is 6. The average Bonchev–Trinajstić information content (AvgIpc) is 2.65. The average molecular weight is 439 g/mol. The van der Waals surface area contributed by atoms with Crippen molar-refractivity contribution in [2.45, 2.75) is 78.5 Å². The smallest absolute Gasteiger partial charge is 0.339 e. The zero-order valence-corrected chi connectivity index (χ0v) is 20.9. The molecule has 0 spiro atoms. The summed E-state index contributed by atoms with van der Waals surface area (Å²) in [5, 5.41) is 11.2. The maximum absolute atomic E-state index is 12.8. The molecule has 0 aliphatic heterocycles. The first-order valence-corrected chi connectivity index (χ1v) is 13.5. The van der Waals surface area contributed by atoms with Crippen LogP contribution in [0.15, 0.2) is 18.2 Å². The van der Waals surface area contributed by atoms with Gasteiger partial charge in [0.25, 0.3) is 0 Å². The van der Waals surface area contributed by atoms with Gasteiger partial charge in [0.05, 0.1) is 13.2 Å². The molecule has 0 aliphatic rings. The summed E-state index contributed by atoms with van der Waals surface area (Å²) in [4.78, 5) is 25.4. The number of carbonyl (C=O) groups is 2. The van der Waals surface area contributed by atoms with E-state index in [9.17, 15) is 14.7 Å². The van der Waals surface area contributed by atoms with E-state index in [2.05, 4.69) is 33.9 Å². The molecule has 0 saturated heterocycles. The highest BCUT2D eigenvalue weighted by Gasteiger charge is 2.48. The molecule has 1 aromatic rings. The van der Waals surface area contributed by atoms with Gasteiger partial charge in [-0.1, -0.05) is 39.8 Å². The van der Waals surface area contributed by atoms with Crippen molar-refractivity contribution in [1.82, 2.24) is 0 Å². The van der Waals surface area contributed by atoms with Crippen LogP contribution < -0.4 is 4.43 Å². The van der Waals surface area contributed by atoms with E-state index < -0.39 is 32.5 Å². The molecular formula is C23H38O6Si. The van der Waals surface area contributed by atoms with Crippen molar-refractivity contribution in [2.75, 3.05) is 13.2 Å². The van der Waals surface area contributed by atoms with E-state index in [0.29, 0.717) is 5.75 Å². The molecule has 1 N–H and O–H groups in total. The second-order valence-corrected chi connectivity index (χ2v) is 11.1. The van der Waals surface area contributed by atoms with Crippen LogP contribution in [0.4, 0.5) is 0 Å². The van der Waals surface area contributed by atoms with Crippen molar-refractivity contribution in [3.63, 3.8) is 0 Å². The van der Waals surface area contributed by atoms with E-state index in [0.717, 1.165) is 11.1 Å². The lowest BCUT2D eigenvalue weighted by Crippen LogP contribution is -2.51. The molecule has 170 valence electrons. The van der Waals surface area contributed by atoms with Crippen LogP contribution in [0.25, 0.3) is 0 Å². The van der Waals surface area contributed by atoms with E-state index in [1.165, 1.54) is 0 Å². The first-order chi connectivity index (χ1) is 13.9. The normalized spacial score (nSPS) is 14.7. The molecule has 2 unspecified atom stereocenters. The third-order valence-electron chi connectivity index (χ3n) is 5.04. The Morgan fingerprint density at radius 1 is 1.07 bits per heavy atom. The topological polar surface area (TPSA) is 82.1 Å². The molecule has 7 heteroatoms. The molecule has 6 nitrogen and oxygen atoms in total. The summed E-state index contributed by atoms with van der Waals surface area (Å²) >= 11 is 0. The van der Waals surface area contributed by atoms with Gasteiger partial charge < -0.3 is 19.0 Å². The molecule has 0 aliphatic carbocycles. The maximum Gasteiger partial charge on any atom is 0.339 e. The SMILES string of the molecule is CCOC(=O)C(Cc1ccc(C(C)(C)C)cc1O[SiH](C)C)C(O)(CC)C(=O)OCC. The number of esters is 2. The molecule has 1 aromatic carbocycles. The third kappa shape index (κ3) is 6.57. The van der Waals surface area contributed by atoms with Gasteiger partial charge in [-0.15, -0.1) is 0 Å². The van der Waals surface area contributed by atoms with Crippen molar-refractivity contribution >= 4 is 21.0 Å². The fourth-order valence-electron chi connectivity index (χ4n) is 3.25. The molecule has 0 saturated carbocycles. The number of ether oxygens (including phenoxy) is 2. The van der Waals surface area contributed by atoms with Gasteiger partial charge in [0.15, 0.2) is 5.60 Å². The molecule has 0 heterocycles. The van der Waals surface area contributed by atoms with E-state index in [1.54, 1.807) is 20.8 Å². The number of hydrogen-bond donors (Lipinski definition) is 1. The highest BCUT2D eigenvalue weighted by molar-refractivity contribution is 6.49. The van der Waals surface area contributed by atoms with Crippen LogP contribution in [0.3, 0.4) is 0 Å². The Bertz CT molecular complexity index is 725. The van der Waals surface area contributed by atoms with Gasteiger partial charge >= 0.3 is 11.9 Å². The van der Waals surface area contributed by atoms with Crippen molar-refractivity contribution in [3.8, 4) is 5.75 Å². The van der Waals surface area contributed by atoms with Gasteiger partial charge in [0.2, 0.25) is 9.04 Å². The van der Waals surface area contributed by atoms with Crippen LogP contribution in [0, 0.1) is 5.92 Å². The maximum atomic E-state index is 12.8. The lowest BCUT2D eigenvalue weighted by molar-refractivity contribution is -0.181. The minimum Gasteiger partial charge on any atom is -0.547 e. The molecular weight excluding hydrogens is 400 g/mol. The molecule has 0 amide bonds. The summed E-state index contributed by atoms with van der Waals surface area (Å²) in [6, 6.07) is 5.92. The van der Waals surface area contributed by atoms with Crippen molar-refractivity contribution in [1.29, 1.82) is 0 Å². The Morgan fingerprint density at radius 3 is 2.13 bits per heavy atom. The fourth-order valence-corrected chi connectivity index (χ4v) is 3.98. The summed E-state index contributed by atoms with van der Waals surface area (Å²) in [5.41, 5.74) is -0.166. The van der Waals surface area contributed by atoms with Crippen molar-refractivity contribution < 1.29 is 28.6 Å². The van der Waals surface area contributed by atoms with E-state index in [4.69, 9.17) is 13.9 Å². The van der Waals surface area contributed by atoms with E-state index in [1.807, 2.05) is 18.2 Å². The second-order valence-electron chi connectivity index (χ2n) is 8.75. The minimum absolute atomic E-state index is 0.0323. The number of benzene rings is 1. The summed E-state index contributed by atoms with van der Waals surface area (Å²) < 4.78 is 16.5. The van der Waals surface area contributed by atoms with E-state index >= 15 is 0 Å². The second kappa shape index (κ2) is 11.0. The molecule has 30 heavy (non-hydrogen) atoms. The Balaban J connectivity index is 3.47. The van der Waals surface area contributed by atoms with Gasteiger partial charge in [-0.3, -0.25) is 4.79 Å². The van der Waals surface area contributed by atoms with Crippen molar-refractivity contribution in [3.05, 3.63) is 29.3 Å². The van der Waals surface area contributed by atoms with Crippen LogP contribution in [0.5, 0.6) is 5.75 Å². The highest BCUT2D eigenvalue weighted by Crippen LogP contribution is 2.34. The van der Waals surface area contributed by atoms with Gasteiger partial charge in [0.1, 0.15) is 11.7 Å². The monoisotopic (exact) mass is 438 g/mol. The van der Waals surface area contributed by atoms with Crippen LogP contribution in [0.1, 0.15) is 59.1 Å². The third-order valence-corrected chi connectivity index (χ3v) is 5.76. The van der Waals surface area contributed by atoms with Crippen LogP contribution in [-0.2, 0) is 30.9 Å². The number of aliphatic hydroxyl groups is 1. The first-order valence-electron chi connectivity index (χ1n) is 10.8. The largest absolute Gasteiger partial charge is 0.547 e. The predicted octanol–water partition coefficient (Wildman–Crippen LogP) is 3.77. The van der Waals surface area contributed by atoms with Crippen molar-refractivity contribution in [2.24, 2.45) is 5.92 Å². The van der Waals surface area contributed by atoms with Crippen LogP contribution >= 0.6 is 0 Å². The lowest BCUT2D eigenvalue weighted by Gasteiger charge is -2.32. The molecule has 0 radical (unpaired) electrons. The number of rotatable bonds is 10. The standard InChI is InChI=1S/C23H38O6Si/c1-9-23(26,21(25)28-11-3)18(20(24)27-10-2)14-16-12-13-17(22(4,5)6)15-19(16)29-30(7)8/h12-13,15,18,26,30H,9-11,14H2,1-8H3. The zero-order valence-electron chi connectivity index (χ0n) is 19.7. The molecule has 0 aromatic heterocycles.